The molecule has 2 nitrogen and oxygen atoms in total. The molecule has 0 N–H and O–H groups in total. The molecule has 266 valence electrons. The number of hydrogen-bond acceptors (Lipinski definition) is 2. The SMILES string of the molecule is C=C(\C=C(/N=C(/C=C/C)c1ccccc1)C1CC=CC=C1c1ccccc1)c1cccc(-c2ccc3c(c2)-c2cc4c5ccccc5oc4c4cccc-3c24)c1. The number of nitrogens with zero attached hydrogens (tertiary/aromatic N) is 1. The highest BCUT2D eigenvalue weighted by Gasteiger charge is 2.26. The zero-order valence-electron chi connectivity index (χ0n) is 31.2. The minimum absolute atomic E-state index is 0.0613. The van der Waals surface area contributed by atoms with E-state index >= 15 is 0 Å². The Morgan fingerprint density at radius 2 is 1.38 bits per heavy atom. The van der Waals surface area contributed by atoms with E-state index < -0.39 is 0 Å². The van der Waals surface area contributed by atoms with Crippen LogP contribution in [0.5, 0.6) is 0 Å². The third kappa shape index (κ3) is 5.79. The van der Waals surface area contributed by atoms with Gasteiger partial charge in [0.05, 0.1) is 5.71 Å². The molecule has 56 heavy (non-hydrogen) atoms. The number of rotatable bonds is 8. The molecule has 0 bridgehead atoms. The Balaban J connectivity index is 1.06. The maximum Gasteiger partial charge on any atom is 0.143 e. The quantitative estimate of drug-likeness (QED) is 0.113. The molecule has 1 unspecified atom stereocenters. The van der Waals surface area contributed by atoms with Crippen LogP contribution in [0.3, 0.4) is 0 Å². The van der Waals surface area contributed by atoms with Gasteiger partial charge in [-0.15, -0.1) is 0 Å². The average molecular weight is 718 g/mol. The van der Waals surface area contributed by atoms with Crippen molar-refractivity contribution in [3.8, 4) is 33.4 Å². The second-order valence-electron chi connectivity index (χ2n) is 14.6. The highest BCUT2D eigenvalue weighted by molar-refractivity contribution is 6.26. The zero-order chi connectivity index (χ0) is 37.6. The summed E-state index contributed by atoms with van der Waals surface area (Å²) >= 11 is 0. The van der Waals surface area contributed by atoms with Crippen LogP contribution in [0.15, 0.2) is 210 Å². The van der Waals surface area contributed by atoms with Crippen molar-refractivity contribution in [2.24, 2.45) is 10.9 Å². The van der Waals surface area contributed by atoms with E-state index in [2.05, 4.69) is 183 Å². The van der Waals surface area contributed by atoms with Crippen molar-refractivity contribution in [3.63, 3.8) is 0 Å². The van der Waals surface area contributed by atoms with Crippen LogP contribution < -0.4 is 0 Å². The first kappa shape index (κ1) is 33.5. The molecule has 1 heterocycles. The number of fused-ring (bicyclic) bond motifs is 7. The average Bonchev–Trinajstić information content (AvgIpc) is 3.80. The largest absolute Gasteiger partial charge is 0.455 e. The first-order chi connectivity index (χ1) is 27.6. The molecule has 10 rings (SSSR count). The van der Waals surface area contributed by atoms with Gasteiger partial charge in [-0.25, -0.2) is 0 Å². The second-order valence-corrected chi connectivity index (χ2v) is 14.6. The molecule has 0 aliphatic heterocycles. The van der Waals surface area contributed by atoms with Crippen molar-refractivity contribution in [2.75, 3.05) is 0 Å². The Hall–Kier alpha value is -7.03. The van der Waals surface area contributed by atoms with Crippen LogP contribution in [-0.2, 0) is 0 Å². The van der Waals surface area contributed by atoms with E-state index in [-0.39, 0.29) is 5.92 Å². The molecule has 2 aliphatic rings. The van der Waals surface area contributed by atoms with Gasteiger partial charge in [0.25, 0.3) is 0 Å². The molecule has 2 aliphatic carbocycles. The molecule has 0 spiro atoms. The Morgan fingerprint density at radius 3 is 2.23 bits per heavy atom. The first-order valence-corrected chi connectivity index (χ1v) is 19.4. The molecule has 0 saturated heterocycles. The van der Waals surface area contributed by atoms with Gasteiger partial charge < -0.3 is 4.42 Å². The fourth-order valence-electron chi connectivity index (χ4n) is 8.59. The third-order valence-electron chi connectivity index (χ3n) is 11.3. The van der Waals surface area contributed by atoms with Gasteiger partial charge in [0, 0.05) is 38.7 Å². The summed E-state index contributed by atoms with van der Waals surface area (Å²) in [5.74, 6) is 0.0613. The van der Waals surface area contributed by atoms with Crippen LogP contribution in [0, 0.1) is 5.92 Å². The van der Waals surface area contributed by atoms with Crippen molar-refractivity contribution >= 4 is 49.6 Å². The van der Waals surface area contributed by atoms with Gasteiger partial charge in [-0.2, -0.15) is 0 Å². The summed E-state index contributed by atoms with van der Waals surface area (Å²) in [5, 5.41) is 4.73. The van der Waals surface area contributed by atoms with E-state index in [0.29, 0.717) is 0 Å². The van der Waals surface area contributed by atoms with E-state index in [1.54, 1.807) is 0 Å². The van der Waals surface area contributed by atoms with Crippen molar-refractivity contribution in [1.29, 1.82) is 0 Å². The van der Waals surface area contributed by atoms with Gasteiger partial charge >= 0.3 is 0 Å². The van der Waals surface area contributed by atoms with Gasteiger partial charge in [0.15, 0.2) is 0 Å². The molecule has 1 aromatic heterocycles. The number of aliphatic imine (C=N–C) groups is 1. The number of allylic oxidation sites excluding steroid dienone is 8. The molecule has 0 saturated carbocycles. The van der Waals surface area contributed by atoms with Crippen LogP contribution >= 0.6 is 0 Å². The number of furan rings is 1. The second kappa shape index (κ2) is 14.0. The molecular weight excluding hydrogens is 679 g/mol. The Morgan fingerprint density at radius 1 is 0.643 bits per heavy atom. The Bertz CT molecular complexity index is 3000. The standard InChI is InChI=1S/C54H39NO/c1-3-16-50(37-19-8-5-9-20-37)55-51(43-24-11-10-23-41(43)36-17-6-4-7-18-36)31-35(2)38-21-14-22-39(32-38)40-29-30-42-45-26-15-27-46-53(45)48(47(42)33-40)34-49-44-25-12-13-28-52(44)56-54(46)49/h3-23,25-34,43H,2,24H2,1H3/b16-3+,51-31-,55-50-. The number of hydrogen-bond donors (Lipinski definition) is 0. The highest BCUT2D eigenvalue weighted by atomic mass is 16.3. The van der Waals surface area contributed by atoms with Gasteiger partial charge in [0.2, 0.25) is 0 Å². The summed E-state index contributed by atoms with van der Waals surface area (Å²) in [6, 6.07) is 54.0. The molecule has 8 aromatic rings. The lowest BCUT2D eigenvalue weighted by atomic mass is 9.83. The zero-order valence-corrected chi connectivity index (χ0v) is 31.2. The lowest BCUT2D eigenvalue weighted by Crippen LogP contribution is -2.10. The first-order valence-electron chi connectivity index (χ1n) is 19.4. The summed E-state index contributed by atoms with van der Waals surface area (Å²) < 4.78 is 6.45. The van der Waals surface area contributed by atoms with E-state index in [4.69, 9.17) is 9.41 Å². The van der Waals surface area contributed by atoms with Crippen LogP contribution in [0.4, 0.5) is 0 Å². The summed E-state index contributed by atoms with van der Waals surface area (Å²) in [5.41, 5.74) is 16.7. The fourth-order valence-corrected chi connectivity index (χ4v) is 8.59. The lowest BCUT2D eigenvalue weighted by Gasteiger charge is -2.24. The highest BCUT2D eigenvalue weighted by Crippen LogP contribution is 2.51. The van der Waals surface area contributed by atoms with Crippen LogP contribution in [-0.4, -0.2) is 5.71 Å². The van der Waals surface area contributed by atoms with Crippen LogP contribution in [0.25, 0.3) is 77.2 Å². The van der Waals surface area contributed by atoms with Crippen molar-refractivity contribution in [2.45, 2.75) is 13.3 Å². The van der Waals surface area contributed by atoms with Crippen molar-refractivity contribution in [3.05, 3.63) is 217 Å². The Labute approximate surface area is 327 Å². The minimum atomic E-state index is 0.0613. The molecule has 2 heteroatoms. The summed E-state index contributed by atoms with van der Waals surface area (Å²) in [6.07, 6.45) is 13.9. The summed E-state index contributed by atoms with van der Waals surface area (Å²) in [4.78, 5) is 5.44. The lowest BCUT2D eigenvalue weighted by molar-refractivity contribution is 0.672. The number of benzene rings is 7. The van der Waals surface area contributed by atoms with Gasteiger partial charge in [0.1, 0.15) is 11.2 Å². The van der Waals surface area contributed by atoms with Gasteiger partial charge in [-0.1, -0.05) is 158 Å². The molecular formula is C54H39NO. The summed E-state index contributed by atoms with van der Waals surface area (Å²) in [7, 11) is 0. The van der Waals surface area contributed by atoms with Crippen molar-refractivity contribution < 1.29 is 4.42 Å². The maximum atomic E-state index is 6.45. The minimum Gasteiger partial charge on any atom is -0.455 e. The molecule has 1 atom stereocenters. The predicted molar refractivity (Wildman–Crippen MR) is 238 cm³/mol. The topological polar surface area (TPSA) is 25.5 Å². The molecule has 0 fully saturated rings. The monoisotopic (exact) mass is 717 g/mol. The van der Waals surface area contributed by atoms with Crippen LogP contribution in [0.1, 0.15) is 30.0 Å². The number of para-hydroxylation sites is 1. The maximum absolute atomic E-state index is 6.45. The van der Waals surface area contributed by atoms with Gasteiger partial charge in [-0.3, -0.25) is 4.99 Å². The van der Waals surface area contributed by atoms with E-state index in [1.165, 1.54) is 44.3 Å². The van der Waals surface area contributed by atoms with Gasteiger partial charge in [-0.05, 0) is 105 Å². The van der Waals surface area contributed by atoms with Crippen molar-refractivity contribution in [1.82, 2.24) is 0 Å². The van der Waals surface area contributed by atoms with E-state index in [0.717, 1.165) is 67.4 Å². The van der Waals surface area contributed by atoms with E-state index in [1.807, 2.05) is 19.1 Å². The Kier molecular flexibility index (Phi) is 8.38. The normalized spacial score (nSPS) is 15.2. The predicted octanol–water partition coefficient (Wildman–Crippen LogP) is 14.7. The molecule has 0 amide bonds. The van der Waals surface area contributed by atoms with Crippen LogP contribution in [0.2, 0.25) is 0 Å². The van der Waals surface area contributed by atoms with E-state index in [9.17, 15) is 0 Å². The smallest absolute Gasteiger partial charge is 0.143 e. The fraction of sp³-hybridized carbons (Fsp3) is 0.0556. The molecule has 7 aromatic carbocycles. The molecule has 0 radical (unpaired) electrons. The summed E-state index contributed by atoms with van der Waals surface area (Å²) in [6.45, 7) is 6.71. The third-order valence-corrected chi connectivity index (χ3v) is 11.3.